The van der Waals surface area contributed by atoms with Crippen LogP contribution in [-0.2, 0) is 6.42 Å². The molecule has 0 saturated carbocycles. The summed E-state index contributed by atoms with van der Waals surface area (Å²) in [6.45, 7) is 7.33. The minimum atomic E-state index is 0.124. The van der Waals surface area contributed by atoms with Gasteiger partial charge in [-0.3, -0.25) is 0 Å². The van der Waals surface area contributed by atoms with Crippen LogP contribution >= 0.6 is 23.2 Å². The van der Waals surface area contributed by atoms with Crippen LogP contribution in [0.1, 0.15) is 26.6 Å². The van der Waals surface area contributed by atoms with Crippen molar-refractivity contribution in [2.45, 2.75) is 32.7 Å². The highest BCUT2D eigenvalue weighted by Gasteiger charge is 2.09. The standard InChI is InChI=1S/C15H19Cl2N3/c1-15(2,3)19-7-6-14-18-9-13(20-14)10-4-5-11(16)12(17)8-10/h4-5,8-9,19H,6-7H2,1-3H3,(H,18,20). The van der Waals surface area contributed by atoms with Gasteiger partial charge in [-0.05, 0) is 32.9 Å². The average Bonchev–Trinajstić information content (AvgIpc) is 2.80. The zero-order chi connectivity index (χ0) is 14.8. The Labute approximate surface area is 129 Å². The molecule has 108 valence electrons. The van der Waals surface area contributed by atoms with E-state index in [1.165, 1.54) is 0 Å². The van der Waals surface area contributed by atoms with Gasteiger partial charge in [0.2, 0.25) is 0 Å². The molecule has 1 heterocycles. The number of benzene rings is 1. The fraction of sp³-hybridized carbons (Fsp3) is 0.400. The fourth-order valence-electron chi connectivity index (χ4n) is 1.86. The van der Waals surface area contributed by atoms with Gasteiger partial charge in [0.05, 0.1) is 21.9 Å². The molecule has 0 radical (unpaired) electrons. The Hall–Kier alpha value is -1.03. The minimum Gasteiger partial charge on any atom is -0.342 e. The SMILES string of the molecule is CC(C)(C)NCCc1ncc(-c2ccc(Cl)c(Cl)c2)[nH]1. The zero-order valence-electron chi connectivity index (χ0n) is 11.9. The molecule has 0 atom stereocenters. The van der Waals surface area contributed by atoms with E-state index in [1.807, 2.05) is 18.3 Å². The zero-order valence-corrected chi connectivity index (χ0v) is 13.4. The highest BCUT2D eigenvalue weighted by Crippen LogP contribution is 2.27. The first-order valence-electron chi connectivity index (χ1n) is 6.59. The van der Waals surface area contributed by atoms with Crippen molar-refractivity contribution in [3.63, 3.8) is 0 Å². The highest BCUT2D eigenvalue weighted by atomic mass is 35.5. The highest BCUT2D eigenvalue weighted by molar-refractivity contribution is 6.42. The molecule has 2 rings (SSSR count). The van der Waals surface area contributed by atoms with Crippen molar-refractivity contribution in [2.24, 2.45) is 0 Å². The van der Waals surface area contributed by atoms with Gasteiger partial charge in [-0.1, -0.05) is 29.3 Å². The van der Waals surface area contributed by atoms with Crippen LogP contribution in [0.25, 0.3) is 11.3 Å². The summed E-state index contributed by atoms with van der Waals surface area (Å²) in [6, 6.07) is 5.56. The fourth-order valence-corrected chi connectivity index (χ4v) is 2.15. The summed E-state index contributed by atoms with van der Waals surface area (Å²) in [5.74, 6) is 0.961. The maximum absolute atomic E-state index is 6.03. The lowest BCUT2D eigenvalue weighted by atomic mass is 10.1. The Balaban J connectivity index is 2.03. The van der Waals surface area contributed by atoms with Crippen LogP contribution in [-0.4, -0.2) is 22.1 Å². The second-order valence-corrected chi connectivity index (χ2v) is 6.61. The molecular weight excluding hydrogens is 293 g/mol. The number of aromatic nitrogens is 2. The summed E-state index contributed by atoms with van der Waals surface area (Å²) < 4.78 is 0. The largest absolute Gasteiger partial charge is 0.342 e. The predicted molar refractivity (Wildman–Crippen MR) is 85.5 cm³/mol. The molecule has 20 heavy (non-hydrogen) atoms. The molecule has 0 spiro atoms. The van der Waals surface area contributed by atoms with Gasteiger partial charge in [0, 0.05) is 24.1 Å². The van der Waals surface area contributed by atoms with E-state index in [1.54, 1.807) is 6.07 Å². The van der Waals surface area contributed by atoms with Crippen LogP contribution in [0, 0.1) is 0 Å². The molecule has 0 aliphatic carbocycles. The number of halogens is 2. The van der Waals surface area contributed by atoms with Crippen LogP contribution in [0.4, 0.5) is 0 Å². The van der Waals surface area contributed by atoms with Gasteiger partial charge >= 0.3 is 0 Å². The van der Waals surface area contributed by atoms with Crippen LogP contribution in [0.15, 0.2) is 24.4 Å². The van der Waals surface area contributed by atoms with Crippen molar-refractivity contribution in [3.05, 3.63) is 40.3 Å². The third-order valence-corrected chi connectivity index (χ3v) is 3.62. The molecule has 0 unspecified atom stereocenters. The Morgan fingerprint density at radius 1 is 1.20 bits per heavy atom. The monoisotopic (exact) mass is 311 g/mol. The second-order valence-electron chi connectivity index (χ2n) is 5.80. The number of hydrogen-bond donors (Lipinski definition) is 2. The molecule has 3 nitrogen and oxygen atoms in total. The molecular formula is C15H19Cl2N3. The van der Waals surface area contributed by atoms with E-state index in [-0.39, 0.29) is 5.54 Å². The molecule has 2 aromatic rings. The average molecular weight is 312 g/mol. The smallest absolute Gasteiger partial charge is 0.107 e. The van der Waals surface area contributed by atoms with Gasteiger partial charge in [0.1, 0.15) is 5.82 Å². The number of H-pyrrole nitrogens is 1. The summed E-state index contributed by atoms with van der Waals surface area (Å²) in [5, 5.41) is 4.55. The van der Waals surface area contributed by atoms with Crippen LogP contribution < -0.4 is 5.32 Å². The van der Waals surface area contributed by atoms with Gasteiger partial charge in [-0.15, -0.1) is 0 Å². The number of imidazole rings is 1. The van der Waals surface area contributed by atoms with E-state index in [2.05, 4.69) is 36.1 Å². The molecule has 0 aliphatic rings. The van der Waals surface area contributed by atoms with Crippen molar-refractivity contribution in [1.29, 1.82) is 0 Å². The molecule has 2 N–H and O–H groups in total. The maximum Gasteiger partial charge on any atom is 0.107 e. The Morgan fingerprint density at radius 2 is 1.95 bits per heavy atom. The van der Waals surface area contributed by atoms with Crippen LogP contribution in [0.3, 0.4) is 0 Å². The first-order chi connectivity index (χ1) is 9.35. The lowest BCUT2D eigenvalue weighted by Crippen LogP contribution is -2.37. The van der Waals surface area contributed by atoms with Gasteiger partial charge in [0.25, 0.3) is 0 Å². The first kappa shape index (κ1) is 15.4. The van der Waals surface area contributed by atoms with Crippen molar-refractivity contribution in [3.8, 4) is 11.3 Å². The van der Waals surface area contributed by atoms with Crippen LogP contribution in [0.2, 0.25) is 10.0 Å². The topological polar surface area (TPSA) is 40.7 Å². The minimum absolute atomic E-state index is 0.124. The van der Waals surface area contributed by atoms with E-state index >= 15 is 0 Å². The van der Waals surface area contributed by atoms with Gasteiger partial charge in [0.15, 0.2) is 0 Å². The van der Waals surface area contributed by atoms with Gasteiger partial charge in [-0.2, -0.15) is 0 Å². The van der Waals surface area contributed by atoms with E-state index in [9.17, 15) is 0 Å². The van der Waals surface area contributed by atoms with Crippen molar-refractivity contribution in [2.75, 3.05) is 6.54 Å². The lowest BCUT2D eigenvalue weighted by molar-refractivity contribution is 0.427. The molecule has 0 bridgehead atoms. The number of nitrogens with zero attached hydrogens (tertiary/aromatic N) is 1. The summed E-state index contributed by atoms with van der Waals surface area (Å²) in [4.78, 5) is 7.70. The normalized spacial score (nSPS) is 11.8. The Morgan fingerprint density at radius 3 is 2.60 bits per heavy atom. The van der Waals surface area contributed by atoms with Crippen molar-refractivity contribution in [1.82, 2.24) is 15.3 Å². The summed E-state index contributed by atoms with van der Waals surface area (Å²) in [6.07, 6.45) is 2.69. The molecule has 0 fully saturated rings. The lowest BCUT2D eigenvalue weighted by Gasteiger charge is -2.19. The molecule has 5 heteroatoms. The maximum atomic E-state index is 6.03. The second kappa shape index (κ2) is 6.17. The molecule has 0 amide bonds. The Bertz CT molecular complexity index is 585. The van der Waals surface area contributed by atoms with Crippen LogP contribution in [0.5, 0.6) is 0 Å². The molecule has 1 aromatic carbocycles. The number of aromatic amines is 1. The van der Waals surface area contributed by atoms with Crippen molar-refractivity contribution < 1.29 is 0 Å². The van der Waals surface area contributed by atoms with E-state index in [4.69, 9.17) is 23.2 Å². The number of hydrogen-bond acceptors (Lipinski definition) is 2. The first-order valence-corrected chi connectivity index (χ1v) is 7.35. The number of nitrogens with one attached hydrogen (secondary N) is 2. The summed E-state index contributed by atoms with van der Waals surface area (Å²) >= 11 is 11.9. The van der Waals surface area contributed by atoms with E-state index in [0.717, 1.165) is 30.0 Å². The molecule has 1 aromatic heterocycles. The third-order valence-electron chi connectivity index (χ3n) is 2.88. The van der Waals surface area contributed by atoms with Gasteiger partial charge < -0.3 is 10.3 Å². The van der Waals surface area contributed by atoms with E-state index in [0.29, 0.717) is 10.0 Å². The third kappa shape index (κ3) is 4.23. The number of rotatable bonds is 4. The van der Waals surface area contributed by atoms with E-state index < -0.39 is 0 Å². The Kier molecular flexibility index (Phi) is 4.74. The summed E-state index contributed by atoms with van der Waals surface area (Å²) in [7, 11) is 0. The quantitative estimate of drug-likeness (QED) is 0.883. The molecule has 0 saturated heterocycles. The predicted octanol–water partition coefficient (Wildman–Crippen LogP) is 4.31. The molecule has 0 aliphatic heterocycles. The van der Waals surface area contributed by atoms with Gasteiger partial charge in [-0.25, -0.2) is 4.98 Å². The van der Waals surface area contributed by atoms with Crippen molar-refractivity contribution >= 4 is 23.2 Å². The summed E-state index contributed by atoms with van der Waals surface area (Å²) in [5.41, 5.74) is 2.07.